The van der Waals surface area contributed by atoms with Gasteiger partial charge in [0.15, 0.2) is 0 Å². The number of hydrogen-bond acceptors (Lipinski definition) is 0. The van der Waals surface area contributed by atoms with Crippen LogP contribution < -0.4 is 15.9 Å². The molecule has 0 nitrogen and oxygen atoms in total. The maximum absolute atomic E-state index is 12.1. The molecule has 0 saturated carbocycles. The molecule has 0 aliphatic rings. The van der Waals surface area contributed by atoms with Gasteiger partial charge in [-0.1, -0.05) is 54.6 Å². The minimum absolute atomic E-state index is 0. The summed E-state index contributed by atoms with van der Waals surface area (Å²) in [6.07, 6.45) is 6.64. The monoisotopic (exact) mass is 579 g/mol. The molecule has 0 saturated heterocycles. The number of halogens is 1. The second-order valence-corrected chi connectivity index (χ2v) is 8.59. The zero-order valence-electron chi connectivity index (χ0n) is 15.6. The van der Waals surface area contributed by atoms with E-state index in [2.05, 4.69) is 96.9 Å². The van der Waals surface area contributed by atoms with E-state index in [4.69, 9.17) is 6.42 Å². The van der Waals surface area contributed by atoms with E-state index in [0.717, 1.165) is 0 Å². The zero-order chi connectivity index (χ0) is 19.6. The molecule has 0 aliphatic heterocycles. The Morgan fingerprint density at radius 3 is 1.21 bits per heavy atom. The largest absolute Gasteiger partial charge is 1.00 e. The Hall–Kier alpha value is -2.46. The molecule has 29 heavy (non-hydrogen) atoms. The topological polar surface area (TPSA) is 0 Å². The van der Waals surface area contributed by atoms with Crippen molar-refractivity contribution in [1.82, 2.24) is 0 Å². The van der Waals surface area contributed by atoms with Crippen LogP contribution in [-0.4, -0.2) is 0 Å². The average molecular weight is 579 g/mol. The molecule has 4 aromatic rings. The van der Waals surface area contributed by atoms with Crippen LogP contribution in [0.5, 0.6) is 0 Å². The van der Waals surface area contributed by atoms with Gasteiger partial charge in [0.2, 0.25) is 0 Å². The molecule has 0 spiro atoms. The van der Waals surface area contributed by atoms with Crippen molar-refractivity contribution < 1.29 is 26.8 Å². The molecule has 0 fully saturated rings. The summed E-state index contributed by atoms with van der Waals surface area (Å²) in [5.74, 6) is 1.85. The molecule has 0 bridgehead atoms. The first-order chi connectivity index (χ1) is 13.8. The molecule has 0 atom stereocenters. The molecule has 3 heteroatoms. The molecule has 146 valence electrons. The van der Waals surface area contributed by atoms with Gasteiger partial charge in [-0.3, -0.25) is 5.92 Å². The summed E-state index contributed by atoms with van der Waals surface area (Å²) in [6, 6.07) is 38.1. The molecule has 0 unspecified atom stereocenters. The van der Waals surface area contributed by atoms with Crippen molar-refractivity contribution in [3.8, 4) is 5.92 Å². The fraction of sp³-hybridized carbons (Fsp3) is 0. The van der Waals surface area contributed by atoms with Gasteiger partial charge in [-0.25, -0.2) is 4.39 Å². The van der Waals surface area contributed by atoms with Crippen LogP contribution in [0.15, 0.2) is 115 Å². The van der Waals surface area contributed by atoms with E-state index in [9.17, 15) is 4.39 Å². The van der Waals surface area contributed by atoms with E-state index < -0.39 is 7.92 Å². The van der Waals surface area contributed by atoms with Crippen molar-refractivity contribution in [2.45, 2.75) is 0 Å². The molecule has 0 N–H and O–H groups in total. The normalized spacial score (nSPS) is 9.55. The molecule has 4 rings (SSSR count). The third-order valence-electron chi connectivity index (χ3n) is 4.18. The van der Waals surface area contributed by atoms with Crippen LogP contribution in [0.4, 0.5) is 4.39 Å². The smallest absolute Gasteiger partial charge is 0.366 e. The van der Waals surface area contributed by atoms with Crippen molar-refractivity contribution in [2.24, 2.45) is 0 Å². The SMILES string of the molecule is [Au+].[C-]#Cc1ccc(F)cc1.c1ccc([PH+](c2ccccc2)c2ccccc2)cc1. The maximum atomic E-state index is 12.1. The Bertz CT molecular complexity index is 917. The second-order valence-electron chi connectivity index (χ2n) is 6.10. The van der Waals surface area contributed by atoms with Gasteiger partial charge in [0, 0.05) is 0 Å². The summed E-state index contributed by atoms with van der Waals surface area (Å²) in [7, 11) is -0.877. The van der Waals surface area contributed by atoms with Crippen LogP contribution in [0.1, 0.15) is 5.56 Å². The molecule has 0 heterocycles. The van der Waals surface area contributed by atoms with Crippen LogP contribution in [0.3, 0.4) is 0 Å². The van der Waals surface area contributed by atoms with Gasteiger partial charge in [0.1, 0.15) is 21.7 Å². The maximum Gasteiger partial charge on any atom is 1.00 e. The quantitative estimate of drug-likeness (QED) is 0.140. The van der Waals surface area contributed by atoms with Gasteiger partial charge in [-0.05, 0) is 48.5 Å². The summed E-state index contributed by atoms with van der Waals surface area (Å²) in [5, 5.41) is 4.31. The van der Waals surface area contributed by atoms with E-state index in [1.54, 1.807) is 0 Å². The van der Waals surface area contributed by atoms with Crippen LogP contribution in [0.2, 0.25) is 0 Å². The standard InChI is InChI=1S/C18H15P.C8H4F.Au/c1-4-10-16(11-5-1)19(17-12-6-2-7-13-17)18-14-8-3-9-15-18;1-2-7-3-5-8(9)6-4-7;/h1-15H;3-6H;/q;-1;+1/p+1. The van der Waals surface area contributed by atoms with Crippen LogP contribution in [-0.2, 0) is 22.4 Å². The van der Waals surface area contributed by atoms with Crippen LogP contribution >= 0.6 is 7.92 Å². The summed E-state index contributed by atoms with van der Waals surface area (Å²) in [6.45, 7) is 0. The van der Waals surface area contributed by atoms with Gasteiger partial charge < -0.3 is 6.42 Å². The fourth-order valence-electron chi connectivity index (χ4n) is 2.85. The van der Waals surface area contributed by atoms with Crippen molar-refractivity contribution in [3.63, 3.8) is 0 Å². The second kappa shape index (κ2) is 12.2. The van der Waals surface area contributed by atoms with E-state index in [1.165, 1.54) is 40.2 Å². The molecule has 4 aromatic carbocycles. The summed E-state index contributed by atoms with van der Waals surface area (Å²) < 4.78 is 12.1. The third kappa shape index (κ3) is 6.82. The molecular weight excluding hydrogens is 559 g/mol. The fourth-order valence-corrected chi connectivity index (χ4v) is 5.43. The van der Waals surface area contributed by atoms with Crippen molar-refractivity contribution >= 4 is 23.8 Å². The Balaban J connectivity index is 0.000000255. The Kier molecular flexibility index (Phi) is 9.58. The first-order valence-corrected chi connectivity index (χ1v) is 10.5. The molecular formula is C26H20AuFP+. The predicted octanol–water partition coefficient (Wildman–Crippen LogP) is 4.94. The first kappa shape index (κ1) is 22.8. The van der Waals surface area contributed by atoms with Crippen molar-refractivity contribution in [3.05, 3.63) is 133 Å². The average Bonchev–Trinajstić information content (AvgIpc) is 2.77. The van der Waals surface area contributed by atoms with Crippen molar-refractivity contribution in [2.75, 3.05) is 0 Å². The van der Waals surface area contributed by atoms with Gasteiger partial charge in [-0.2, -0.15) is 0 Å². The van der Waals surface area contributed by atoms with E-state index in [-0.39, 0.29) is 28.2 Å². The minimum Gasteiger partial charge on any atom is -0.366 e. The summed E-state index contributed by atoms with van der Waals surface area (Å²) in [5.41, 5.74) is 0.594. The number of hydrogen-bond donors (Lipinski definition) is 0. The van der Waals surface area contributed by atoms with Gasteiger partial charge in [0.25, 0.3) is 0 Å². The Morgan fingerprint density at radius 2 is 0.897 bits per heavy atom. The molecule has 0 aliphatic carbocycles. The summed E-state index contributed by atoms with van der Waals surface area (Å²) >= 11 is 0. The number of benzene rings is 4. The van der Waals surface area contributed by atoms with Crippen LogP contribution in [0, 0.1) is 18.2 Å². The van der Waals surface area contributed by atoms with Crippen molar-refractivity contribution in [1.29, 1.82) is 0 Å². The van der Waals surface area contributed by atoms with Gasteiger partial charge in [-0.15, -0.1) is 17.7 Å². The van der Waals surface area contributed by atoms with E-state index in [1.807, 2.05) is 0 Å². The summed E-state index contributed by atoms with van der Waals surface area (Å²) in [4.78, 5) is 0. The third-order valence-corrected chi connectivity index (χ3v) is 6.91. The first-order valence-electron chi connectivity index (χ1n) is 8.99. The van der Waals surface area contributed by atoms with E-state index >= 15 is 0 Å². The molecule has 0 radical (unpaired) electrons. The number of rotatable bonds is 3. The van der Waals surface area contributed by atoms with Gasteiger partial charge >= 0.3 is 22.4 Å². The minimum atomic E-state index is -0.877. The molecule has 0 amide bonds. The Labute approximate surface area is 189 Å². The van der Waals surface area contributed by atoms with E-state index in [0.29, 0.717) is 5.56 Å². The predicted molar refractivity (Wildman–Crippen MR) is 119 cm³/mol. The zero-order valence-corrected chi connectivity index (χ0v) is 18.8. The van der Waals surface area contributed by atoms with Gasteiger partial charge in [0.05, 0.1) is 7.92 Å². The molecule has 0 aromatic heterocycles. The Morgan fingerprint density at radius 1 is 0.552 bits per heavy atom. The van der Waals surface area contributed by atoms with Crippen LogP contribution in [0.25, 0.3) is 0 Å².